The van der Waals surface area contributed by atoms with E-state index in [4.69, 9.17) is 0 Å². The van der Waals surface area contributed by atoms with E-state index >= 15 is 0 Å². The Kier molecular flexibility index (Phi) is 5.54. The zero-order valence-corrected chi connectivity index (χ0v) is 19.6. The van der Waals surface area contributed by atoms with Gasteiger partial charge in [0.2, 0.25) is 0 Å². The maximum absolute atomic E-state index is 13.5. The lowest BCUT2D eigenvalue weighted by atomic mass is 9.87. The number of hydrogen-bond acceptors (Lipinski definition) is 4. The molecule has 3 fully saturated rings. The highest BCUT2D eigenvalue weighted by molar-refractivity contribution is 5.56. The second-order valence-electron chi connectivity index (χ2n) is 10.3. The number of fused-ring (bicyclic) bond motifs is 1. The molecule has 35 heavy (non-hydrogen) atoms. The Morgan fingerprint density at radius 3 is 2.54 bits per heavy atom. The number of nitrogens with one attached hydrogen (secondary N) is 2. The normalized spacial score (nSPS) is 28.1. The van der Waals surface area contributed by atoms with Crippen molar-refractivity contribution in [3.05, 3.63) is 70.4 Å². The van der Waals surface area contributed by atoms with Crippen molar-refractivity contribution in [1.29, 1.82) is 0 Å². The molecular formula is C26H30F3N5O. The van der Waals surface area contributed by atoms with Crippen LogP contribution in [-0.2, 0) is 6.18 Å². The van der Waals surface area contributed by atoms with Crippen LogP contribution < -0.4 is 16.5 Å². The van der Waals surface area contributed by atoms with Crippen LogP contribution in [-0.4, -0.2) is 33.2 Å². The molecule has 0 radical (unpaired) electrons. The van der Waals surface area contributed by atoms with E-state index in [9.17, 15) is 18.0 Å². The maximum Gasteiger partial charge on any atom is 0.418 e. The minimum absolute atomic E-state index is 0.142. The quantitative estimate of drug-likeness (QED) is 0.572. The van der Waals surface area contributed by atoms with E-state index < -0.39 is 17.4 Å². The summed E-state index contributed by atoms with van der Waals surface area (Å²) in [7, 11) is 2.19. The molecule has 1 aromatic carbocycles. The molecule has 3 aliphatic rings. The fourth-order valence-electron chi connectivity index (χ4n) is 6.25. The van der Waals surface area contributed by atoms with Crippen molar-refractivity contribution in [3.8, 4) is 5.69 Å². The van der Waals surface area contributed by atoms with Crippen molar-refractivity contribution >= 4 is 5.52 Å². The van der Waals surface area contributed by atoms with Gasteiger partial charge in [-0.05, 0) is 73.9 Å². The molecule has 4 atom stereocenters. The highest BCUT2D eigenvalue weighted by Crippen LogP contribution is 2.51. The summed E-state index contributed by atoms with van der Waals surface area (Å²) in [6, 6.07) is 9.91. The number of pyridine rings is 1. The van der Waals surface area contributed by atoms with Gasteiger partial charge in [-0.2, -0.15) is 13.2 Å². The Morgan fingerprint density at radius 1 is 1.00 bits per heavy atom. The summed E-state index contributed by atoms with van der Waals surface area (Å²) >= 11 is 0. The lowest BCUT2D eigenvalue weighted by Gasteiger charge is -2.32. The number of nitrogens with zero attached hydrogens (tertiary/aromatic N) is 3. The van der Waals surface area contributed by atoms with Gasteiger partial charge in [0.1, 0.15) is 0 Å². The van der Waals surface area contributed by atoms with Gasteiger partial charge in [-0.3, -0.25) is 13.9 Å². The highest BCUT2D eigenvalue weighted by Gasteiger charge is 2.50. The molecular weight excluding hydrogens is 455 g/mol. The van der Waals surface area contributed by atoms with E-state index in [0.29, 0.717) is 29.6 Å². The Hall–Kier alpha value is -2.62. The average molecular weight is 486 g/mol. The fraction of sp³-hybridized carbons (Fsp3) is 0.500. The first-order valence-electron chi connectivity index (χ1n) is 12.5. The summed E-state index contributed by atoms with van der Waals surface area (Å²) in [6.45, 7) is 0. The number of aromatic nitrogens is 2. The van der Waals surface area contributed by atoms with Gasteiger partial charge in [0.25, 0.3) is 0 Å². The number of benzene rings is 1. The van der Waals surface area contributed by atoms with Crippen molar-refractivity contribution in [2.45, 2.75) is 63.0 Å². The average Bonchev–Trinajstić information content (AvgIpc) is 3.45. The Balaban J connectivity index is 1.24. The molecule has 2 saturated carbocycles. The number of hydrazine groups is 1. The van der Waals surface area contributed by atoms with Gasteiger partial charge in [-0.15, -0.1) is 0 Å². The van der Waals surface area contributed by atoms with Gasteiger partial charge in [-0.25, -0.2) is 15.6 Å². The molecule has 6 nitrogen and oxygen atoms in total. The largest absolute Gasteiger partial charge is 0.418 e. The third-order valence-electron chi connectivity index (χ3n) is 8.18. The van der Waals surface area contributed by atoms with E-state index in [-0.39, 0.29) is 11.7 Å². The monoisotopic (exact) mass is 485 g/mol. The molecule has 186 valence electrons. The first kappa shape index (κ1) is 22.8. The second-order valence-corrected chi connectivity index (χ2v) is 10.3. The molecule has 6 rings (SSSR count). The molecule has 9 heteroatoms. The molecule has 0 bridgehead atoms. The van der Waals surface area contributed by atoms with Crippen LogP contribution in [0.5, 0.6) is 0 Å². The van der Waals surface area contributed by atoms with Crippen LogP contribution in [0.1, 0.15) is 55.6 Å². The molecule has 2 N–H and O–H groups in total. The second kappa shape index (κ2) is 8.50. The summed E-state index contributed by atoms with van der Waals surface area (Å²) in [5.41, 5.74) is 7.28. The molecule has 1 aliphatic heterocycles. The van der Waals surface area contributed by atoms with Crippen molar-refractivity contribution in [2.24, 2.45) is 11.8 Å². The molecule has 1 saturated heterocycles. The summed E-state index contributed by atoms with van der Waals surface area (Å²) < 4.78 is 42.8. The van der Waals surface area contributed by atoms with Crippen molar-refractivity contribution in [2.75, 3.05) is 7.05 Å². The van der Waals surface area contributed by atoms with E-state index in [1.165, 1.54) is 55.1 Å². The first-order valence-corrected chi connectivity index (χ1v) is 12.5. The fourth-order valence-corrected chi connectivity index (χ4v) is 6.25. The predicted octanol–water partition coefficient (Wildman–Crippen LogP) is 4.48. The molecule has 3 heterocycles. The van der Waals surface area contributed by atoms with Crippen molar-refractivity contribution in [3.63, 3.8) is 0 Å². The molecule has 2 aromatic heterocycles. The first-order chi connectivity index (χ1) is 16.8. The summed E-state index contributed by atoms with van der Waals surface area (Å²) in [5, 5.41) is 0. The number of imidazole rings is 1. The molecule has 2 aliphatic carbocycles. The molecule has 3 aromatic rings. The SMILES string of the molecule is CN1C(C2CCCCC2)NNC1[C@@H]1C[C@@H]1c1cccc(-n2cc3c(C(F)(F)F)cccn3c2=O)c1. The number of halogens is 3. The maximum atomic E-state index is 13.5. The topological polar surface area (TPSA) is 53.7 Å². The van der Waals surface area contributed by atoms with Gasteiger partial charge < -0.3 is 0 Å². The summed E-state index contributed by atoms with van der Waals surface area (Å²) in [5.74, 6) is 1.46. The Morgan fingerprint density at radius 2 is 1.77 bits per heavy atom. The van der Waals surface area contributed by atoms with Gasteiger partial charge in [0.05, 0.1) is 29.1 Å². The standard InChI is InChI=1S/C26H30F3N5O/c1-32-23(16-7-3-2-4-8-16)30-31-24(32)20-14-19(20)17-9-5-10-18(13-17)34-15-22-21(26(27,28)29)11-6-12-33(22)25(34)35/h5-6,9-13,15-16,19-20,23-24,30-31H,2-4,7-8,14H2,1H3/t19-,20-,23?,24?/m1/s1. The van der Waals surface area contributed by atoms with E-state index in [1.807, 2.05) is 12.1 Å². The zero-order valence-electron chi connectivity index (χ0n) is 19.6. The number of rotatable bonds is 4. The van der Waals surface area contributed by atoms with Crippen LogP contribution in [0.15, 0.2) is 53.6 Å². The molecule has 2 unspecified atom stereocenters. The lowest BCUT2D eigenvalue weighted by molar-refractivity contribution is -0.136. The van der Waals surface area contributed by atoms with Crippen LogP contribution in [0.25, 0.3) is 11.2 Å². The molecule has 0 spiro atoms. The third-order valence-corrected chi connectivity index (χ3v) is 8.18. The van der Waals surface area contributed by atoms with Crippen molar-refractivity contribution in [1.82, 2.24) is 24.7 Å². The summed E-state index contributed by atoms with van der Waals surface area (Å²) in [6.07, 6.45) is 6.25. The van der Waals surface area contributed by atoms with Crippen molar-refractivity contribution < 1.29 is 13.2 Å². The van der Waals surface area contributed by atoms with Crippen LogP contribution >= 0.6 is 0 Å². The third kappa shape index (κ3) is 3.99. The van der Waals surface area contributed by atoms with Gasteiger partial charge in [0.15, 0.2) is 0 Å². The Labute approximate surface area is 201 Å². The Bertz CT molecular complexity index is 1290. The number of alkyl halides is 3. The lowest BCUT2D eigenvalue weighted by Crippen LogP contribution is -2.43. The highest BCUT2D eigenvalue weighted by atomic mass is 19.4. The van der Waals surface area contributed by atoms with Crippen LogP contribution in [0.3, 0.4) is 0 Å². The van der Waals surface area contributed by atoms with Gasteiger partial charge in [-0.1, -0.05) is 31.4 Å². The zero-order chi connectivity index (χ0) is 24.3. The van der Waals surface area contributed by atoms with Gasteiger partial charge >= 0.3 is 11.9 Å². The van der Waals surface area contributed by atoms with Crippen LogP contribution in [0, 0.1) is 11.8 Å². The minimum Gasteiger partial charge on any atom is -0.273 e. The predicted molar refractivity (Wildman–Crippen MR) is 127 cm³/mol. The number of hydrogen-bond donors (Lipinski definition) is 2. The van der Waals surface area contributed by atoms with Gasteiger partial charge in [0, 0.05) is 12.4 Å². The minimum atomic E-state index is -4.53. The van der Waals surface area contributed by atoms with E-state index in [2.05, 4.69) is 28.9 Å². The molecule has 0 amide bonds. The summed E-state index contributed by atoms with van der Waals surface area (Å²) in [4.78, 5) is 15.4. The van der Waals surface area contributed by atoms with Crippen LogP contribution in [0.2, 0.25) is 0 Å². The van der Waals surface area contributed by atoms with E-state index in [0.717, 1.165) is 22.5 Å². The van der Waals surface area contributed by atoms with Crippen LogP contribution in [0.4, 0.5) is 13.2 Å². The van der Waals surface area contributed by atoms with E-state index in [1.54, 1.807) is 6.07 Å². The smallest absolute Gasteiger partial charge is 0.273 e.